The second-order valence-electron chi connectivity index (χ2n) is 25.0. The Morgan fingerprint density at radius 2 is 0.753 bits per heavy atom. The van der Waals surface area contributed by atoms with Crippen molar-refractivity contribution in [1.29, 1.82) is 0 Å². The lowest BCUT2D eigenvalue weighted by molar-refractivity contribution is -0.282. The second kappa shape index (κ2) is 54.5. The summed E-state index contributed by atoms with van der Waals surface area (Å²) in [4.78, 5) is 75.6. The Labute approximate surface area is 575 Å². The first-order chi connectivity index (χ1) is 46.4. The highest BCUT2D eigenvalue weighted by atomic mass is 31.2. The van der Waals surface area contributed by atoms with Gasteiger partial charge >= 0.3 is 7.82 Å². The van der Waals surface area contributed by atoms with E-state index < -0.39 is 131 Å². The third-order valence-corrected chi connectivity index (χ3v) is 18.2. The Morgan fingerprint density at radius 1 is 0.433 bits per heavy atom. The Kier molecular flexibility index (Phi) is 51.5. The molecule has 5 amide bonds. The molecule has 572 valence electrons. The number of carbonyl (C=O) groups is 5. The summed E-state index contributed by atoms with van der Waals surface area (Å²) in [5, 5.41) is 105. The average Bonchev–Trinajstić information content (AvgIpc) is 0.894. The second-order valence-corrected chi connectivity index (χ2v) is 26.5. The summed E-state index contributed by atoms with van der Waals surface area (Å²) in [5.41, 5.74) is 4.11. The molecular formula is C65H127N6O25P. The van der Waals surface area contributed by atoms with Gasteiger partial charge in [-0.3, -0.25) is 33.0 Å². The Hall–Kier alpha value is -3.22. The number of aliphatic hydroxyl groups is 9. The molecular weight excluding hydrogens is 1300 g/mol. The highest BCUT2D eigenvalue weighted by molar-refractivity contribution is 7.47. The maximum atomic E-state index is 13.8. The van der Waals surface area contributed by atoms with Gasteiger partial charge in [-0.25, -0.2) is 4.57 Å². The number of rotatable bonds is 51. The summed E-state index contributed by atoms with van der Waals surface area (Å²) in [6.45, 7) is 11.4. The zero-order chi connectivity index (χ0) is 72.6. The summed E-state index contributed by atoms with van der Waals surface area (Å²) >= 11 is 0. The Bertz CT molecular complexity index is 2050. The smallest absolute Gasteiger partial charge is 0.394 e. The molecule has 0 aromatic rings. The number of hydrogen-bond acceptors (Lipinski definition) is 25. The molecule has 0 spiro atoms. The maximum Gasteiger partial charge on any atom is 0.471 e. The van der Waals surface area contributed by atoms with E-state index in [1.54, 1.807) is 27.9 Å². The fourth-order valence-electron chi connectivity index (χ4n) is 10.9. The summed E-state index contributed by atoms with van der Waals surface area (Å²) < 4.78 is 59.0. The van der Waals surface area contributed by atoms with Crippen molar-refractivity contribution in [2.75, 3.05) is 99.8 Å². The molecule has 16 atom stereocenters. The molecule has 3 rings (SSSR count). The lowest BCUT2D eigenvalue weighted by Crippen LogP contribution is -2.55. The number of hydrogen-bond donors (Lipinski definition) is 16. The SMILES string of the molecule is CC.COCCCNC(=O)CCCC(=O)NC(CCC(=O)NCCCCCCOC1OC(CO)C(O)C(O)C1C)(CCC(=O)NCCCCCCOC1OC(CO)C(O)C(O)C1C)CCC(=O)NCCCCOC1OC(CO)C(O)C(O)C1C.COP(=O)(O)OCCCCCCN. The molecule has 3 fully saturated rings. The predicted octanol–water partition coefficient (Wildman–Crippen LogP) is 1.32. The minimum atomic E-state index is -3.75. The number of nitrogens with two attached hydrogens (primary N) is 1. The van der Waals surface area contributed by atoms with Crippen LogP contribution in [0.1, 0.15) is 189 Å². The molecule has 3 saturated heterocycles. The van der Waals surface area contributed by atoms with E-state index in [0.717, 1.165) is 58.5 Å². The maximum absolute atomic E-state index is 13.8. The minimum Gasteiger partial charge on any atom is -0.394 e. The molecule has 3 aliphatic rings. The van der Waals surface area contributed by atoms with E-state index >= 15 is 0 Å². The zero-order valence-corrected chi connectivity index (χ0v) is 59.8. The first kappa shape index (κ1) is 91.8. The van der Waals surface area contributed by atoms with Gasteiger partial charge in [0.25, 0.3) is 0 Å². The highest BCUT2D eigenvalue weighted by Crippen LogP contribution is 2.42. The largest absolute Gasteiger partial charge is 0.471 e. The topological polar surface area (TPSA) is 474 Å². The van der Waals surface area contributed by atoms with E-state index in [4.69, 9.17) is 43.8 Å². The lowest BCUT2D eigenvalue weighted by Gasteiger charge is -2.40. The van der Waals surface area contributed by atoms with E-state index in [2.05, 4.69) is 35.6 Å². The van der Waals surface area contributed by atoms with Crippen LogP contribution in [0.2, 0.25) is 0 Å². The summed E-state index contributed by atoms with van der Waals surface area (Å²) in [6, 6.07) is 0. The number of carbonyl (C=O) groups excluding carboxylic acids is 5. The van der Waals surface area contributed by atoms with Gasteiger partial charge in [0.2, 0.25) is 29.5 Å². The lowest BCUT2D eigenvalue weighted by atomic mass is 9.82. The van der Waals surface area contributed by atoms with Crippen LogP contribution in [0.4, 0.5) is 0 Å². The molecule has 0 bridgehead atoms. The Morgan fingerprint density at radius 3 is 1.11 bits per heavy atom. The van der Waals surface area contributed by atoms with Crippen LogP contribution < -0.4 is 32.3 Å². The quantitative estimate of drug-likeness (QED) is 0.0302. The third-order valence-electron chi connectivity index (χ3n) is 17.2. The van der Waals surface area contributed by atoms with Crippen LogP contribution in [0.5, 0.6) is 0 Å². The monoisotopic (exact) mass is 1420 g/mol. The minimum absolute atomic E-state index is 0.0250. The van der Waals surface area contributed by atoms with Crippen molar-refractivity contribution >= 4 is 37.4 Å². The molecule has 3 aliphatic heterocycles. The number of ether oxygens (including phenoxy) is 7. The summed E-state index contributed by atoms with van der Waals surface area (Å²) in [6.07, 6.45) is -0.747. The normalized spacial score (nSPS) is 26.8. The van der Waals surface area contributed by atoms with Crippen molar-refractivity contribution in [2.24, 2.45) is 23.5 Å². The molecule has 16 unspecified atom stereocenters. The number of amides is 5. The number of phosphoric acid groups is 1. The molecule has 0 saturated carbocycles. The molecule has 0 radical (unpaired) electrons. The first-order valence-electron chi connectivity index (χ1n) is 35.3. The number of unbranched alkanes of at least 4 members (excludes halogenated alkanes) is 10. The number of phosphoric ester groups is 1. The number of methoxy groups -OCH3 is 1. The Balaban J connectivity index is 0.00000279. The van der Waals surface area contributed by atoms with Gasteiger partial charge in [0.05, 0.1) is 44.7 Å². The van der Waals surface area contributed by atoms with Crippen LogP contribution in [0, 0.1) is 17.8 Å². The molecule has 3 heterocycles. The van der Waals surface area contributed by atoms with E-state index in [-0.39, 0.29) is 101 Å². The van der Waals surface area contributed by atoms with Gasteiger partial charge in [0.15, 0.2) is 18.9 Å². The van der Waals surface area contributed by atoms with Gasteiger partial charge < -0.3 is 116 Å². The summed E-state index contributed by atoms with van der Waals surface area (Å²) in [5.74, 6) is -3.05. The van der Waals surface area contributed by atoms with Crippen molar-refractivity contribution in [3.8, 4) is 0 Å². The van der Waals surface area contributed by atoms with Crippen molar-refractivity contribution in [3.05, 3.63) is 0 Å². The van der Waals surface area contributed by atoms with Crippen molar-refractivity contribution in [3.63, 3.8) is 0 Å². The third kappa shape index (κ3) is 38.6. The molecule has 17 N–H and O–H groups in total. The molecule has 97 heavy (non-hydrogen) atoms. The fourth-order valence-corrected chi connectivity index (χ4v) is 11.4. The van der Waals surface area contributed by atoms with E-state index in [9.17, 15) is 74.5 Å². The van der Waals surface area contributed by atoms with Gasteiger partial charge in [0.1, 0.15) is 36.6 Å². The van der Waals surface area contributed by atoms with Gasteiger partial charge in [-0.15, -0.1) is 0 Å². The van der Waals surface area contributed by atoms with E-state index in [0.29, 0.717) is 90.9 Å². The standard InChI is InChI=1S/C56H103N5O21.C7H18NO4P.C2H6/c1-36-47(70)50(73)39(33-62)80-53(36)77-30-12-7-5-9-25-57-43(66)19-22-56(61-46(69)18-15-17-42(65)60-28-16-29-76-4,24-21-45(68)59-27-11-14-32-79-55-38(3)49(72)52(75)41(35-64)82-55)23-20-44(67)58-26-10-6-8-13-31-78-54-37(2)48(71)51(74)40(34-63)81-54;1-11-13(9,10)12-7-5-3-2-4-6-8;1-2/h36-41,47-55,62-64,70-75H,5-35H2,1-4H3,(H,57,66)(H,58,67)(H,59,68)(H,60,65)(H,61,69);2-8H2,1H3,(H,9,10);1-2H3. The predicted molar refractivity (Wildman–Crippen MR) is 357 cm³/mol. The van der Waals surface area contributed by atoms with Crippen LogP contribution >= 0.6 is 7.82 Å². The van der Waals surface area contributed by atoms with Crippen LogP contribution in [0.3, 0.4) is 0 Å². The molecule has 32 heteroatoms. The van der Waals surface area contributed by atoms with Crippen LogP contribution in [-0.2, 0) is 70.7 Å². The van der Waals surface area contributed by atoms with Crippen LogP contribution in [-0.4, -0.2) is 260 Å². The van der Waals surface area contributed by atoms with Crippen molar-refractivity contribution < 1.29 is 122 Å². The molecule has 0 aromatic carbocycles. The van der Waals surface area contributed by atoms with E-state index in [1.807, 2.05) is 13.8 Å². The van der Waals surface area contributed by atoms with Crippen LogP contribution in [0.25, 0.3) is 0 Å². The van der Waals surface area contributed by atoms with Gasteiger partial charge in [0, 0.05) is 122 Å². The van der Waals surface area contributed by atoms with Gasteiger partial charge in [-0.05, 0) is 90.0 Å². The zero-order valence-electron chi connectivity index (χ0n) is 58.9. The highest BCUT2D eigenvalue weighted by Gasteiger charge is 2.45. The van der Waals surface area contributed by atoms with Crippen LogP contribution in [0.15, 0.2) is 0 Å². The van der Waals surface area contributed by atoms with Crippen molar-refractivity contribution in [1.82, 2.24) is 26.6 Å². The van der Waals surface area contributed by atoms with Gasteiger partial charge in [-0.2, -0.15) is 0 Å². The van der Waals surface area contributed by atoms with E-state index in [1.165, 1.54) is 0 Å². The fraction of sp³-hybridized carbons (Fsp3) is 0.923. The molecule has 0 aliphatic carbocycles. The molecule has 0 aromatic heterocycles. The van der Waals surface area contributed by atoms with Crippen molar-refractivity contribution in [2.45, 2.75) is 268 Å². The number of nitrogens with one attached hydrogen (secondary N) is 5. The number of aliphatic hydroxyl groups excluding tert-OH is 9. The van der Waals surface area contributed by atoms with Gasteiger partial charge in [-0.1, -0.05) is 73.1 Å². The average molecular weight is 1420 g/mol. The first-order valence-corrected chi connectivity index (χ1v) is 36.8. The summed E-state index contributed by atoms with van der Waals surface area (Å²) in [7, 11) is -1.03. The molecule has 31 nitrogen and oxygen atoms in total.